The van der Waals surface area contributed by atoms with Crippen LogP contribution in [-0.2, 0) is 0 Å². The molecule has 2 aliphatic rings. The van der Waals surface area contributed by atoms with Gasteiger partial charge < -0.3 is 14.5 Å². The molecular weight excluding hydrogens is 288 g/mol. The second-order valence-corrected chi connectivity index (χ2v) is 7.14. The third-order valence-corrected chi connectivity index (χ3v) is 5.21. The second kappa shape index (κ2) is 7.35. The zero-order valence-corrected chi connectivity index (χ0v) is 14.3. The van der Waals surface area contributed by atoms with Crippen molar-refractivity contribution < 1.29 is 9.53 Å². The fraction of sp³-hybridized carbons (Fsp3) is 0.632. The SMILES string of the molecule is CN(C)C(=O)c1ccc(OCCCCN2C[C@H]3CC[C@H]3C2)cc1. The van der Waals surface area contributed by atoms with Crippen molar-refractivity contribution in [3.8, 4) is 5.75 Å². The van der Waals surface area contributed by atoms with E-state index in [9.17, 15) is 4.79 Å². The summed E-state index contributed by atoms with van der Waals surface area (Å²) in [5.41, 5.74) is 0.700. The third kappa shape index (κ3) is 4.05. The van der Waals surface area contributed by atoms with Gasteiger partial charge in [0, 0.05) is 32.7 Å². The molecule has 0 N–H and O–H groups in total. The lowest BCUT2D eigenvalue weighted by molar-refractivity contribution is 0.0827. The van der Waals surface area contributed by atoms with Gasteiger partial charge in [-0.1, -0.05) is 0 Å². The maximum atomic E-state index is 11.8. The number of unbranched alkanes of at least 4 members (excludes halogenated alkanes) is 1. The quantitative estimate of drug-likeness (QED) is 0.725. The number of rotatable bonds is 7. The van der Waals surface area contributed by atoms with Gasteiger partial charge in [-0.3, -0.25) is 4.79 Å². The normalized spacial score (nSPS) is 23.2. The van der Waals surface area contributed by atoms with E-state index in [2.05, 4.69) is 4.90 Å². The van der Waals surface area contributed by atoms with E-state index in [1.54, 1.807) is 19.0 Å². The van der Waals surface area contributed by atoms with Gasteiger partial charge in [0.05, 0.1) is 6.61 Å². The van der Waals surface area contributed by atoms with E-state index >= 15 is 0 Å². The predicted molar refractivity (Wildman–Crippen MR) is 91.8 cm³/mol. The van der Waals surface area contributed by atoms with Crippen molar-refractivity contribution >= 4 is 5.91 Å². The van der Waals surface area contributed by atoms with Crippen LogP contribution < -0.4 is 4.74 Å². The van der Waals surface area contributed by atoms with Crippen LogP contribution in [0, 0.1) is 11.8 Å². The molecule has 2 atom stereocenters. The largest absolute Gasteiger partial charge is 0.494 e. The highest BCUT2D eigenvalue weighted by molar-refractivity contribution is 5.93. The Morgan fingerprint density at radius 2 is 1.78 bits per heavy atom. The van der Waals surface area contributed by atoms with Crippen molar-refractivity contribution in [3.05, 3.63) is 29.8 Å². The van der Waals surface area contributed by atoms with Crippen LogP contribution in [0.15, 0.2) is 24.3 Å². The fourth-order valence-corrected chi connectivity index (χ4v) is 3.62. The van der Waals surface area contributed by atoms with E-state index in [1.807, 2.05) is 24.3 Å². The number of hydrogen-bond acceptors (Lipinski definition) is 3. The minimum Gasteiger partial charge on any atom is -0.494 e. The lowest BCUT2D eigenvalue weighted by atomic mass is 9.77. The van der Waals surface area contributed by atoms with Gasteiger partial charge in [0.2, 0.25) is 0 Å². The molecule has 0 aromatic heterocycles. The topological polar surface area (TPSA) is 32.8 Å². The summed E-state index contributed by atoms with van der Waals surface area (Å²) in [6, 6.07) is 7.43. The molecule has 4 nitrogen and oxygen atoms in total. The van der Waals surface area contributed by atoms with Crippen LogP contribution >= 0.6 is 0 Å². The average Bonchev–Trinajstić information content (AvgIpc) is 2.82. The Morgan fingerprint density at radius 1 is 1.13 bits per heavy atom. The molecule has 2 fully saturated rings. The first-order valence-electron chi connectivity index (χ1n) is 8.80. The van der Waals surface area contributed by atoms with Crippen molar-refractivity contribution in [1.29, 1.82) is 0 Å². The van der Waals surface area contributed by atoms with Gasteiger partial charge in [-0.15, -0.1) is 0 Å². The molecule has 1 aliphatic heterocycles. The Bertz CT molecular complexity index is 515. The Hall–Kier alpha value is -1.55. The number of nitrogens with zero attached hydrogens (tertiary/aromatic N) is 2. The number of ether oxygens (including phenoxy) is 1. The molecule has 1 aromatic carbocycles. The molecule has 0 radical (unpaired) electrons. The summed E-state index contributed by atoms with van der Waals surface area (Å²) >= 11 is 0. The summed E-state index contributed by atoms with van der Waals surface area (Å²) in [6.45, 7) is 4.62. The molecule has 1 amide bonds. The molecule has 1 heterocycles. The zero-order valence-electron chi connectivity index (χ0n) is 14.3. The Morgan fingerprint density at radius 3 is 2.35 bits per heavy atom. The number of likely N-dealkylation sites (tertiary alicyclic amines) is 1. The highest BCUT2D eigenvalue weighted by Gasteiger charge is 2.38. The first-order chi connectivity index (χ1) is 11.1. The van der Waals surface area contributed by atoms with Gasteiger partial charge >= 0.3 is 0 Å². The monoisotopic (exact) mass is 316 g/mol. The number of amides is 1. The summed E-state index contributed by atoms with van der Waals surface area (Å²) in [5.74, 6) is 2.89. The number of hydrogen-bond donors (Lipinski definition) is 0. The van der Waals surface area contributed by atoms with Crippen molar-refractivity contribution in [3.63, 3.8) is 0 Å². The van der Waals surface area contributed by atoms with E-state index in [1.165, 1.54) is 38.9 Å². The lowest BCUT2D eigenvalue weighted by Crippen LogP contribution is -2.22. The molecule has 23 heavy (non-hydrogen) atoms. The van der Waals surface area contributed by atoms with Gasteiger partial charge in [0.1, 0.15) is 5.75 Å². The average molecular weight is 316 g/mol. The summed E-state index contributed by atoms with van der Waals surface area (Å²) in [4.78, 5) is 16.0. The molecule has 1 saturated heterocycles. The summed E-state index contributed by atoms with van der Waals surface area (Å²) in [7, 11) is 3.52. The number of carbonyl (C=O) groups excluding carboxylic acids is 1. The Balaban J connectivity index is 1.32. The van der Waals surface area contributed by atoms with E-state index in [0.717, 1.165) is 30.6 Å². The van der Waals surface area contributed by atoms with Crippen molar-refractivity contribution in [2.75, 3.05) is 40.3 Å². The predicted octanol–water partition coefficient (Wildman–Crippen LogP) is 2.89. The van der Waals surface area contributed by atoms with Gasteiger partial charge in [-0.25, -0.2) is 0 Å². The van der Waals surface area contributed by atoms with Crippen LogP contribution in [0.2, 0.25) is 0 Å². The molecule has 1 saturated carbocycles. The summed E-state index contributed by atoms with van der Waals surface area (Å²) in [5, 5.41) is 0. The smallest absolute Gasteiger partial charge is 0.253 e. The molecule has 0 spiro atoms. The van der Waals surface area contributed by atoms with Crippen LogP contribution in [0.4, 0.5) is 0 Å². The highest BCUT2D eigenvalue weighted by atomic mass is 16.5. The Kier molecular flexibility index (Phi) is 5.21. The zero-order chi connectivity index (χ0) is 16.2. The molecule has 126 valence electrons. The molecule has 3 rings (SSSR count). The first-order valence-corrected chi connectivity index (χ1v) is 8.80. The standard InChI is InChI=1S/C19H28N2O2/c1-20(2)19(22)15-7-9-18(10-8-15)23-12-4-3-11-21-13-16-5-6-17(16)14-21/h7-10,16-17H,3-6,11-14H2,1-2H3/t16-,17+. The Labute approximate surface area is 139 Å². The number of fused-ring (bicyclic) bond motifs is 1. The van der Waals surface area contributed by atoms with E-state index < -0.39 is 0 Å². The highest BCUT2D eigenvalue weighted by Crippen LogP contribution is 2.40. The molecule has 0 bridgehead atoms. The van der Waals surface area contributed by atoms with Crippen LogP contribution in [0.25, 0.3) is 0 Å². The van der Waals surface area contributed by atoms with Gasteiger partial charge in [0.15, 0.2) is 0 Å². The van der Waals surface area contributed by atoms with E-state index in [0.29, 0.717) is 5.56 Å². The maximum Gasteiger partial charge on any atom is 0.253 e. The van der Waals surface area contributed by atoms with E-state index in [-0.39, 0.29) is 5.91 Å². The lowest BCUT2D eigenvalue weighted by Gasteiger charge is -2.28. The summed E-state index contributed by atoms with van der Waals surface area (Å²) in [6.07, 6.45) is 5.20. The summed E-state index contributed by atoms with van der Waals surface area (Å²) < 4.78 is 5.78. The fourth-order valence-electron chi connectivity index (χ4n) is 3.62. The first kappa shape index (κ1) is 16.3. The van der Waals surface area contributed by atoms with Crippen LogP contribution in [-0.4, -0.2) is 56.0 Å². The van der Waals surface area contributed by atoms with Gasteiger partial charge in [0.25, 0.3) is 5.91 Å². The molecule has 4 heteroatoms. The van der Waals surface area contributed by atoms with Crippen molar-refractivity contribution in [1.82, 2.24) is 9.80 Å². The van der Waals surface area contributed by atoms with E-state index in [4.69, 9.17) is 4.74 Å². The van der Waals surface area contributed by atoms with Gasteiger partial charge in [-0.05, 0) is 68.3 Å². The number of benzene rings is 1. The molecule has 1 aromatic rings. The third-order valence-electron chi connectivity index (χ3n) is 5.21. The number of carbonyl (C=O) groups is 1. The van der Waals surface area contributed by atoms with Crippen LogP contribution in [0.3, 0.4) is 0 Å². The minimum atomic E-state index is 0.0242. The van der Waals surface area contributed by atoms with Gasteiger partial charge in [-0.2, -0.15) is 0 Å². The molecule has 1 aliphatic carbocycles. The van der Waals surface area contributed by atoms with Crippen LogP contribution in [0.5, 0.6) is 5.75 Å². The second-order valence-electron chi connectivity index (χ2n) is 7.14. The van der Waals surface area contributed by atoms with Crippen molar-refractivity contribution in [2.45, 2.75) is 25.7 Å². The van der Waals surface area contributed by atoms with Crippen molar-refractivity contribution in [2.24, 2.45) is 11.8 Å². The maximum absolute atomic E-state index is 11.8. The minimum absolute atomic E-state index is 0.0242. The molecule has 0 unspecified atom stereocenters. The van der Waals surface area contributed by atoms with Crippen LogP contribution in [0.1, 0.15) is 36.0 Å². The molecular formula is C19H28N2O2.